The Morgan fingerprint density at radius 1 is 1.17 bits per heavy atom. The zero-order valence-corrected chi connectivity index (χ0v) is 21.0. The highest BCUT2D eigenvalue weighted by molar-refractivity contribution is 6.33. The number of ether oxygens (including phenoxy) is 3. The minimum Gasteiger partial charge on any atom is -0.496 e. The summed E-state index contributed by atoms with van der Waals surface area (Å²) in [6, 6.07) is 15.6. The van der Waals surface area contributed by atoms with E-state index >= 15 is 0 Å². The van der Waals surface area contributed by atoms with Crippen LogP contribution in [-0.4, -0.2) is 61.9 Å². The van der Waals surface area contributed by atoms with E-state index in [1.165, 1.54) is 0 Å². The van der Waals surface area contributed by atoms with Gasteiger partial charge >= 0.3 is 0 Å². The lowest BCUT2D eigenvalue weighted by Crippen LogP contribution is -2.38. The number of carbonyl (C=O) groups excluding carboxylic acids is 1. The summed E-state index contributed by atoms with van der Waals surface area (Å²) in [5.41, 5.74) is 2.08. The molecule has 1 saturated heterocycles. The second-order valence-electron chi connectivity index (χ2n) is 8.60. The van der Waals surface area contributed by atoms with Crippen LogP contribution in [0.25, 0.3) is 5.69 Å². The van der Waals surface area contributed by atoms with Crippen molar-refractivity contribution in [3.05, 3.63) is 77.1 Å². The van der Waals surface area contributed by atoms with Gasteiger partial charge in [-0.2, -0.15) is 0 Å². The van der Waals surface area contributed by atoms with Crippen molar-refractivity contribution in [2.75, 3.05) is 40.5 Å². The Labute approximate surface area is 211 Å². The van der Waals surface area contributed by atoms with Crippen molar-refractivity contribution >= 4 is 17.5 Å². The number of benzene rings is 2. The van der Waals surface area contributed by atoms with Crippen molar-refractivity contribution in [1.29, 1.82) is 0 Å². The van der Waals surface area contributed by atoms with Gasteiger partial charge in [0, 0.05) is 50.8 Å². The molecule has 35 heavy (non-hydrogen) atoms. The molecule has 7 nitrogen and oxygen atoms in total. The summed E-state index contributed by atoms with van der Waals surface area (Å²) in [4.78, 5) is 15.3. The number of amides is 1. The molecule has 0 aliphatic carbocycles. The first kappa shape index (κ1) is 25.1. The molecule has 0 saturated carbocycles. The van der Waals surface area contributed by atoms with Crippen LogP contribution in [0.4, 0.5) is 0 Å². The lowest BCUT2D eigenvalue weighted by molar-refractivity contribution is 0.0392. The van der Waals surface area contributed by atoms with Gasteiger partial charge in [0.15, 0.2) is 0 Å². The SMILES string of the molecule is COc1cc(-n2cccc2)c(Cl)cc1C(=O)NCc1cccc(OCCN(C)C2CCOCC2)c1. The Bertz CT molecular complexity index is 1110. The molecule has 2 aromatic carbocycles. The van der Waals surface area contributed by atoms with Gasteiger partial charge in [-0.15, -0.1) is 0 Å². The van der Waals surface area contributed by atoms with E-state index in [9.17, 15) is 4.79 Å². The van der Waals surface area contributed by atoms with E-state index in [4.69, 9.17) is 25.8 Å². The molecule has 0 spiro atoms. The maximum atomic E-state index is 12.9. The van der Waals surface area contributed by atoms with Crippen molar-refractivity contribution < 1.29 is 19.0 Å². The van der Waals surface area contributed by atoms with E-state index in [-0.39, 0.29) is 5.91 Å². The first-order valence-corrected chi connectivity index (χ1v) is 12.2. The lowest BCUT2D eigenvalue weighted by atomic mass is 10.1. The lowest BCUT2D eigenvalue weighted by Gasteiger charge is -2.31. The number of rotatable bonds is 10. The van der Waals surface area contributed by atoms with Crippen LogP contribution in [-0.2, 0) is 11.3 Å². The number of hydrogen-bond acceptors (Lipinski definition) is 5. The Balaban J connectivity index is 1.33. The zero-order valence-electron chi connectivity index (χ0n) is 20.2. The van der Waals surface area contributed by atoms with E-state index < -0.39 is 0 Å². The summed E-state index contributed by atoms with van der Waals surface area (Å²) < 4.78 is 18.8. The van der Waals surface area contributed by atoms with E-state index in [0.29, 0.717) is 35.5 Å². The average Bonchev–Trinajstić information content (AvgIpc) is 3.42. The van der Waals surface area contributed by atoms with Crippen molar-refractivity contribution in [3.63, 3.8) is 0 Å². The van der Waals surface area contributed by atoms with Crippen LogP contribution in [0.15, 0.2) is 60.9 Å². The van der Waals surface area contributed by atoms with Crippen LogP contribution in [0.1, 0.15) is 28.8 Å². The summed E-state index contributed by atoms with van der Waals surface area (Å²) in [7, 11) is 3.68. The molecule has 1 amide bonds. The predicted molar refractivity (Wildman–Crippen MR) is 137 cm³/mol. The third-order valence-electron chi connectivity index (χ3n) is 6.27. The normalized spacial score (nSPS) is 14.2. The fraction of sp³-hybridized carbons (Fsp3) is 0.370. The standard InChI is InChI=1S/C27H32ClN3O4/c1-30(21-8-13-34-14-9-21)12-15-35-22-7-5-6-20(16-22)19-29-27(32)23-17-24(28)25(18-26(23)33-2)31-10-3-4-11-31/h3-7,10-11,16-18,21H,8-9,12-15,19H2,1-2H3,(H,29,32). The zero-order chi connectivity index (χ0) is 24.6. The number of nitrogens with zero attached hydrogens (tertiary/aromatic N) is 2. The Kier molecular flexibility index (Phi) is 8.69. The molecule has 186 valence electrons. The van der Waals surface area contributed by atoms with Crippen LogP contribution >= 0.6 is 11.6 Å². The number of nitrogens with one attached hydrogen (secondary N) is 1. The number of halogens is 1. The minimum absolute atomic E-state index is 0.257. The fourth-order valence-corrected chi connectivity index (χ4v) is 4.48. The predicted octanol–water partition coefficient (Wildman–Crippen LogP) is 4.56. The smallest absolute Gasteiger partial charge is 0.255 e. The number of hydrogen-bond donors (Lipinski definition) is 1. The molecule has 0 radical (unpaired) electrons. The second kappa shape index (κ2) is 12.1. The fourth-order valence-electron chi connectivity index (χ4n) is 4.22. The molecule has 1 N–H and O–H groups in total. The van der Waals surface area contributed by atoms with Crippen molar-refractivity contribution in [2.45, 2.75) is 25.4 Å². The molecule has 1 aliphatic rings. The molecule has 3 aromatic rings. The molecule has 0 atom stereocenters. The molecule has 8 heteroatoms. The summed E-state index contributed by atoms with van der Waals surface area (Å²) in [6.45, 7) is 3.48. The highest BCUT2D eigenvalue weighted by Crippen LogP contribution is 2.30. The molecule has 1 aliphatic heterocycles. The molecule has 0 bridgehead atoms. The van der Waals surface area contributed by atoms with Crippen LogP contribution in [0, 0.1) is 0 Å². The summed E-state index contributed by atoms with van der Waals surface area (Å²) in [5, 5.41) is 3.42. The van der Waals surface area contributed by atoms with Gasteiger partial charge in [-0.05, 0) is 55.8 Å². The third-order valence-corrected chi connectivity index (χ3v) is 6.58. The van der Waals surface area contributed by atoms with Crippen LogP contribution in [0.5, 0.6) is 11.5 Å². The number of likely N-dealkylation sites (N-methyl/N-ethyl adjacent to an activating group) is 1. The van der Waals surface area contributed by atoms with Gasteiger partial charge in [0.05, 0.1) is 23.4 Å². The largest absolute Gasteiger partial charge is 0.496 e. The Hall–Kier alpha value is -3.00. The Morgan fingerprint density at radius 2 is 1.94 bits per heavy atom. The topological polar surface area (TPSA) is 65.0 Å². The summed E-state index contributed by atoms with van der Waals surface area (Å²) >= 11 is 6.47. The van der Waals surface area contributed by atoms with Gasteiger partial charge in [-0.3, -0.25) is 9.69 Å². The summed E-state index contributed by atoms with van der Waals surface area (Å²) in [5.74, 6) is 0.988. The van der Waals surface area contributed by atoms with Gasteiger partial charge in [0.1, 0.15) is 18.1 Å². The molecule has 1 fully saturated rings. The molecular weight excluding hydrogens is 466 g/mol. The Morgan fingerprint density at radius 3 is 2.69 bits per heavy atom. The molecule has 0 unspecified atom stereocenters. The maximum Gasteiger partial charge on any atom is 0.255 e. The van der Waals surface area contributed by atoms with Gasteiger partial charge in [-0.25, -0.2) is 0 Å². The molecular formula is C27H32ClN3O4. The van der Waals surface area contributed by atoms with Crippen molar-refractivity contribution in [3.8, 4) is 17.2 Å². The van der Waals surface area contributed by atoms with E-state index in [1.807, 2.05) is 53.4 Å². The van der Waals surface area contributed by atoms with Gasteiger partial charge in [0.25, 0.3) is 5.91 Å². The molecule has 2 heterocycles. The molecule has 4 rings (SSSR count). The monoisotopic (exact) mass is 497 g/mol. The highest BCUT2D eigenvalue weighted by Gasteiger charge is 2.18. The van der Waals surface area contributed by atoms with Crippen LogP contribution < -0.4 is 14.8 Å². The first-order valence-electron chi connectivity index (χ1n) is 11.8. The van der Waals surface area contributed by atoms with Crippen molar-refractivity contribution in [2.24, 2.45) is 0 Å². The second-order valence-corrected chi connectivity index (χ2v) is 9.00. The van der Waals surface area contributed by atoms with E-state index in [0.717, 1.165) is 49.6 Å². The van der Waals surface area contributed by atoms with Gasteiger partial charge in [-0.1, -0.05) is 23.7 Å². The van der Waals surface area contributed by atoms with E-state index in [2.05, 4.69) is 17.3 Å². The van der Waals surface area contributed by atoms with Crippen LogP contribution in [0.3, 0.4) is 0 Å². The summed E-state index contributed by atoms with van der Waals surface area (Å²) in [6.07, 6.45) is 5.91. The highest BCUT2D eigenvalue weighted by atomic mass is 35.5. The van der Waals surface area contributed by atoms with Gasteiger partial charge in [0.2, 0.25) is 0 Å². The molecule has 1 aromatic heterocycles. The third kappa shape index (κ3) is 6.57. The number of aromatic nitrogens is 1. The first-order chi connectivity index (χ1) is 17.0. The average molecular weight is 498 g/mol. The van der Waals surface area contributed by atoms with Gasteiger partial charge < -0.3 is 24.1 Å². The minimum atomic E-state index is -0.257. The quantitative estimate of drug-likeness (QED) is 0.445. The number of methoxy groups -OCH3 is 1. The maximum absolute atomic E-state index is 12.9. The van der Waals surface area contributed by atoms with Crippen LogP contribution in [0.2, 0.25) is 5.02 Å². The van der Waals surface area contributed by atoms with Crippen molar-refractivity contribution in [1.82, 2.24) is 14.8 Å². The van der Waals surface area contributed by atoms with E-state index in [1.54, 1.807) is 19.2 Å². The number of carbonyl (C=O) groups is 1.